The molecule has 0 atom stereocenters. The number of rotatable bonds is 5. The quantitative estimate of drug-likeness (QED) is 0.383. The number of nitrogens with zero attached hydrogens (tertiary/aromatic N) is 3. The van der Waals surface area contributed by atoms with Crippen LogP contribution in [0, 0.1) is 0 Å². The van der Waals surface area contributed by atoms with Gasteiger partial charge in [-0.15, -0.1) is 0 Å². The summed E-state index contributed by atoms with van der Waals surface area (Å²) in [6.07, 6.45) is 1.38. The zero-order valence-electron chi connectivity index (χ0n) is 18.8. The van der Waals surface area contributed by atoms with E-state index in [4.69, 9.17) is 4.98 Å². The summed E-state index contributed by atoms with van der Waals surface area (Å²) < 4.78 is 0. The fourth-order valence-corrected chi connectivity index (χ4v) is 3.81. The summed E-state index contributed by atoms with van der Waals surface area (Å²) in [5.74, 6) is 0. The van der Waals surface area contributed by atoms with E-state index in [1.807, 2.05) is 81.4 Å². The van der Waals surface area contributed by atoms with Gasteiger partial charge in [0, 0.05) is 34.8 Å². The van der Waals surface area contributed by atoms with Gasteiger partial charge in [0.05, 0.1) is 11.2 Å². The van der Waals surface area contributed by atoms with Crippen LogP contribution in [-0.2, 0) is 6.54 Å². The molecule has 0 spiro atoms. The Balaban J connectivity index is 1.80. The summed E-state index contributed by atoms with van der Waals surface area (Å²) in [7, 11) is 0. The van der Waals surface area contributed by atoms with Crippen LogP contribution in [0.5, 0.6) is 0 Å². The van der Waals surface area contributed by atoms with Gasteiger partial charge < -0.3 is 5.11 Å². The maximum Gasteiger partial charge on any atom is 0.408 e. The first kappa shape index (κ1) is 22.1. The van der Waals surface area contributed by atoms with Gasteiger partial charge in [-0.2, -0.15) is 0 Å². The van der Waals surface area contributed by atoms with Crippen molar-refractivity contribution in [2.45, 2.75) is 32.9 Å². The monoisotopic (exact) mass is 439 g/mol. The molecule has 2 aromatic carbocycles. The SMILES string of the molecule is CC(C)(C)N(Cc1ccc(-c2nc3ccnc(C=O)c3cc2-c2ccccc2)cc1)C(=O)O. The largest absolute Gasteiger partial charge is 0.465 e. The molecule has 0 aliphatic rings. The molecule has 1 N–H and O–H groups in total. The molecule has 2 aromatic heterocycles. The molecule has 0 bridgehead atoms. The summed E-state index contributed by atoms with van der Waals surface area (Å²) in [5, 5.41) is 10.3. The second-order valence-electron chi connectivity index (χ2n) is 8.87. The number of carbonyl (C=O) groups is 2. The van der Waals surface area contributed by atoms with Gasteiger partial charge in [0.15, 0.2) is 6.29 Å². The van der Waals surface area contributed by atoms with Crippen LogP contribution in [0.1, 0.15) is 36.8 Å². The Morgan fingerprint density at radius 1 is 1.00 bits per heavy atom. The van der Waals surface area contributed by atoms with E-state index in [0.717, 1.165) is 34.2 Å². The summed E-state index contributed by atoms with van der Waals surface area (Å²) >= 11 is 0. The van der Waals surface area contributed by atoms with Crippen molar-refractivity contribution < 1.29 is 14.7 Å². The smallest absolute Gasteiger partial charge is 0.408 e. The maximum atomic E-state index is 11.7. The van der Waals surface area contributed by atoms with E-state index in [2.05, 4.69) is 4.98 Å². The molecule has 6 nitrogen and oxygen atoms in total. The van der Waals surface area contributed by atoms with Crippen molar-refractivity contribution in [2.24, 2.45) is 0 Å². The lowest BCUT2D eigenvalue weighted by Crippen LogP contribution is -2.44. The third kappa shape index (κ3) is 4.60. The average molecular weight is 440 g/mol. The maximum absolute atomic E-state index is 11.7. The highest BCUT2D eigenvalue weighted by Crippen LogP contribution is 2.34. The number of carbonyl (C=O) groups excluding carboxylic acids is 1. The predicted octanol–water partition coefficient (Wildman–Crippen LogP) is 6.05. The van der Waals surface area contributed by atoms with Crippen LogP contribution in [0.2, 0.25) is 0 Å². The minimum absolute atomic E-state index is 0.296. The molecule has 0 aliphatic carbocycles. The predicted molar refractivity (Wildman–Crippen MR) is 129 cm³/mol. The fourth-order valence-electron chi connectivity index (χ4n) is 3.81. The normalized spacial score (nSPS) is 11.4. The van der Waals surface area contributed by atoms with Crippen molar-refractivity contribution in [3.8, 4) is 22.4 Å². The minimum Gasteiger partial charge on any atom is -0.465 e. The molecule has 0 radical (unpaired) electrons. The van der Waals surface area contributed by atoms with Gasteiger partial charge in [0.2, 0.25) is 0 Å². The molecule has 1 amide bonds. The van der Waals surface area contributed by atoms with E-state index in [1.54, 1.807) is 12.3 Å². The van der Waals surface area contributed by atoms with E-state index in [9.17, 15) is 14.7 Å². The van der Waals surface area contributed by atoms with E-state index >= 15 is 0 Å². The summed E-state index contributed by atoms with van der Waals surface area (Å²) in [5.41, 5.74) is 5.01. The first-order valence-electron chi connectivity index (χ1n) is 10.7. The number of pyridine rings is 2. The molecule has 4 rings (SSSR count). The van der Waals surface area contributed by atoms with Gasteiger partial charge in [-0.1, -0.05) is 54.6 Å². The number of fused-ring (bicyclic) bond motifs is 1. The molecule has 33 heavy (non-hydrogen) atoms. The van der Waals surface area contributed by atoms with Gasteiger partial charge in [0.25, 0.3) is 0 Å². The third-order valence-electron chi connectivity index (χ3n) is 5.58. The van der Waals surface area contributed by atoms with E-state index in [0.29, 0.717) is 23.1 Å². The van der Waals surface area contributed by atoms with Crippen molar-refractivity contribution in [3.63, 3.8) is 0 Å². The van der Waals surface area contributed by atoms with Crippen molar-refractivity contribution >= 4 is 23.3 Å². The summed E-state index contributed by atoms with van der Waals surface area (Å²) in [4.78, 5) is 33.7. The first-order valence-corrected chi connectivity index (χ1v) is 10.7. The molecular weight excluding hydrogens is 414 g/mol. The Morgan fingerprint density at radius 3 is 2.30 bits per heavy atom. The molecule has 4 aromatic rings. The lowest BCUT2D eigenvalue weighted by molar-refractivity contribution is 0.0955. The van der Waals surface area contributed by atoms with Crippen molar-refractivity contribution in [2.75, 3.05) is 0 Å². The highest BCUT2D eigenvalue weighted by molar-refractivity contribution is 5.99. The van der Waals surface area contributed by atoms with Gasteiger partial charge in [-0.25, -0.2) is 9.78 Å². The zero-order chi connectivity index (χ0) is 23.6. The van der Waals surface area contributed by atoms with Crippen LogP contribution in [0.4, 0.5) is 4.79 Å². The van der Waals surface area contributed by atoms with Gasteiger partial charge >= 0.3 is 6.09 Å². The molecule has 0 unspecified atom stereocenters. The van der Waals surface area contributed by atoms with E-state index < -0.39 is 11.6 Å². The molecule has 0 aliphatic heterocycles. The average Bonchev–Trinajstić information content (AvgIpc) is 2.81. The molecule has 2 heterocycles. The Hall–Kier alpha value is -4.06. The number of amides is 1. The number of aromatic nitrogens is 2. The topological polar surface area (TPSA) is 83.4 Å². The summed E-state index contributed by atoms with van der Waals surface area (Å²) in [6.45, 7) is 5.93. The fraction of sp³-hybridized carbons (Fsp3) is 0.185. The standard InChI is InChI=1S/C27H25N3O3/c1-27(2,3)30(26(32)33)16-18-9-11-20(12-10-18)25-21(19-7-5-4-6-8-19)15-22-23(29-25)13-14-28-24(22)17-31/h4-15,17H,16H2,1-3H3,(H,32,33). The molecular formula is C27H25N3O3. The number of benzene rings is 2. The van der Waals surface area contributed by atoms with Crippen LogP contribution in [-0.4, -0.2) is 37.9 Å². The number of hydrogen-bond donors (Lipinski definition) is 1. The molecule has 0 fully saturated rings. The van der Waals surface area contributed by atoms with Crippen molar-refractivity contribution in [1.29, 1.82) is 0 Å². The number of aldehydes is 1. The Kier molecular flexibility index (Phi) is 5.92. The van der Waals surface area contributed by atoms with E-state index in [-0.39, 0.29) is 0 Å². The number of carboxylic acid groups (broad SMARTS) is 1. The Morgan fingerprint density at radius 2 is 1.70 bits per heavy atom. The van der Waals surface area contributed by atoms with Crippen LogP contribution >= 0.6 is 0 Å². The van der Waals surface area contributed by atoms with Gasteiger partial charge in [0.1, 0.15) is 5.69 Å². The molecule has 6 heteroatoms. The van der Waals surface area contributed by atoms with Gasteiger partial charge in [-0.05, 0) is 44.0 Å². The van der Waals surface area contributed by atoms with Crippen LogP contribution in [0.25, 0.3) is 33.3 Å². The molecule has 0 saturated carbocycles. The lowest BCUT2D eigenvalue weighted by atomic mass is 9.96. The second kappa shape index (κ2) is 8.82. The number of hydrogen-bond acceptors (Lipinski definition) is 4. The highest BCUT2D eigenvalue weighted by Gasteiger charge is 2.26. The van der Waals surface area contributed by atoms with E-state index in [1.165, 1.54) is 4.90 Å². The van der Waals surface area contributed by atoms with Gasteiger partial charge in [-0.3, -0.25) is 14.7 Å². The molecule has 0 saturated heterocycles. The highest BCUT2D eigenvalue weighted by atomic mass is 16.4. The molecule has 166 valence electrons. The summed E-state index contributed by atoms with van der Waals surface area (Å²) in [6, 6.07) is 21.4. The van der Waals surface area contributed by atoms with Crippen LogP contribution in [0.15, 0.2) is 72.9 Å². The van der Waals surface area contributed by atoms with Crippen LogP contribution < -0.4 is 0 Å². The Labute approximate surface area is 192 Å². The minimum atomic E-state index is -0.950. The Bertz CT molecular complexity index is 1310. The lowest BCUT2D eigenvalue weighted by Gasteiger charge is -2.33. The first-order chi connectivity index (χ1) is 15.8. The van der Waals surface area contributed by atoms with Crippen LogP contribution in [0.3, 0.4) is 0 Å². The second-order valence-corrected chi connectivity index (χ2v) is 8.87. The third-order valence-corrected chi connectivity index (χ3v) is 5.58. The zero-order valence-corrected chi connectivity index (χ0v) is 18.8. The van der Waals surface area contributed by atoms with Crippen molar-refractivity contribution in [1.82, 2.24) is 14.9 Å². The van der Waals surface area contributed by atoms with Crippen molar-refractivity contribution in [3.05, 3.63) is 84.2 Å².